The van der Waals surface area contributed by atoms with E-state index in [2.05, 4.69) is 45.1 Å². The van der Waals surface area contributed by atoms with Crippen LogP contribution < -0.4 is 11.1 Å². The number of rotatable bonds is 5. The smallest absolute Gasteiger partial charge is 0.0372 e. The van der Waals surface area contributed by atoms with Crippen LogP contribution in [0.5, 0.6) is 0 Å². The van der Waals surface area contributed by atoms with E-state index >= 15 is 0 Å². The van der Waals surface area contributed by atoms with Gasteiger partial charge in [0.25, 0.3) is 0 Å². The monoisotopic (exact) mass is 220 g/mol. The van der Waals surface area contributed by atoms with E-state index in [9.17, 15) is 0 Å². The number of aryl methyl sites for hydroxylation is 3. The molecule has 0 fully saturated rings. The highest BCUT2D eigenvalue weighted by atomic mass is 14.9. The summed E-state index contributed by atoms with van der Waals surface area (Å²) in [6.45, 7) is 10.5. The van der Waals surface area contributed by atoms with Crippen LogP contribution in [0.3, 0.4) is 0 Å². The van der Waals surface area contributed by atoms with Gasteiger partial charge in [-0.2, -0.15) is 0 Å². The molecule has 1 rings (SSSR count). The van der Waals surface area contributed by atoms with Gasteiger partial charge in [-0.05, 0) is 62.4 Å². The normalized spacial score (nSPS) is 12.6. The van der Waals surface area contributed by atoms with Crippen molar-refractivity contribution in [2.24, 2.45) is 11.7 Å². The van der Waals surface area contributed by atoms with Crippen molar-refractivity contribution in [3.05, 3.63) is 28.8 Å². The Balaban J connectivity index is 2.63. The van der Waals surface area contributed by atoms with Gasteiger partial charge in [0.2, 0.25) is 0 Å². The molecule has 0 aliphatic heterocycles. The Kier molecular flexibility index (Phi) is 4.81. The molecule has 0 saturated heterocycles. The van der Waals surface area contributed by atoms with Crippen LogP contribution in [-0.4, -0.2) is 13.1 Å². The first-order valence-electron chi connectivity index (χ1n) is 6.06. The highest BCUT2D eigenvalue weighted by Gasteiger charge is 2.04. The largest absolute Gasteiger partial charge is 0.385 e. The molecule has 0 radical (unpaired) electrons. The van der Waals surface area contributed by atoms with Crippen molar-refractivity contribution in [2.75, 3.05) is 18.4 Å². The van der Waals surface area contributed by atoms with Crippen molar-refractivity contribution in [1.29, 1.82) is 0 Å². The molecule has 3 N–H and O–H groups in total. The molecule has 0 aliphatic rings. The van der Waals surface area contributed by atoms with Gasteiger partial charge in [0.15, 0.2) is 0 Å². The second kappa shape index (κ2) is 5.90. The van der Waals surface area contributed by atoms with Gasteiger partial charge in [-0.1, -0.05) is 13.0 Å². The molecule has 1 atom stereocenters. The Hall–Kier alpha value is -1.02. The molecule has 0 aliphatic carbocycles. The number of hydrogen-bond donors (Lipinski definition) is 2. The van der Waals surface area contributed by atoms with Gasteiger partial charge in [0.1, 0.15) is 0 Å². The summed E-state index contributed by atoms with van der Waals surface area (Å²) in [4.78, 5) is 0. The molecule has 2 heteroatoms. The molecule has 0 spiro atoms. The lowest BCUT2D eigenvalue weighted by atomic mass is 10.0. The first-order chi connectivity index (χ1) is 7.54. The van der Waals surface area contributed by atoms with Crippen molar-refractivity contribution >= 4 is 5.69 Å². The molecular weight excluding hydrogens is 196 g/mol. The summed E-state index contributed by atoms with van der Waals surface area (Å²) in [5.41, 5.74) is 10.8. The van der Waals surface area contributed by atoms with E-state index in [-0.39, 0.29) is 0 Å². The Bertz CT molecular complexity index is 345. The first-order valence-corrected chi connectivity index (χ1v) is 6.06. The summed E-state index contributed by atoms with van der Waals surface area (Å²) >= 11 is 0. The number of nitrogens with two attached hydrogens (primary N) is 1. The van der Waals surface area contributed by atoms with Crippen molar-refractivity contribution < 1.29 is 0 Å². The van der Waals surface area contributed by atoms with Gasteiger partial charge < -0.3 is 11.1 Å². The average molecular weight is 220 g/mol. The minimum absolute atomic E-state index is 0.631. The van der Waals surface area contributed by atoms with Crippen LogP contribution in [0, 0.1) is 26.7 Å². The van der Waals surface area contributed by atoms with Crippen LogP contribution in [0.4, 0.5) is 5.69 Å². The van der Waals surface area contributed by atoms with E-state index in [4.69, 9.17) is 5.73 Å². The maximum absolute atomic E-state index is 5.54. The third-order valence-electron chi connectivity index (χ3n) is 3.14. The SMILES string of the molecule is Cc1cc(C)c(NCC(C)CCN)cc1C. The maximum Gasteiger partial charge on any atom is 0.0372 e. The summed E-state index contributed by atoms with van der Waals surface area (Å²) in [7, 11) is 0. The molecule has 2 nitrogen and oxygen atoms in total. The molecule has 1 aromatic carbocycles. The van der Waals surface area contributed by atoms with E-state index in [1.807, 2.05) is 0 Å². The second-order valence-corrected chi connectivity index (χ2v) is 4.81. The summed E-state index contributed by atoms with van der Waals surface area (Å²) in [5.74, 6) is 0.631. The zero-order valence-corrected chi connectivity index (χ0v) is 10.9. The lowest BCUT2D eigenvalue weighted by Crippen LogP contribution is -2.15. The van der Waals surface area contributed by atoms with Crippen LogP contribution in [-0.2, 0) is 0 Å². The Morgan fingerprint density at radius 3 is 2.38 bits per heavy atom. The van der Waals surface area contributed by atoms with Gasteiger partial charge in [-0.25, -0.2) is 0 Å². The van der Waals surface area contributed by atoms with Crippen molar-refractivity contribution in [3.8, 4) is 0 Å². The number of hydrogen-bond acceptors (Lipinski definition) is 2. The standard InChI is InChI=1S/C14H24N2/c1-10(5-6-15)9-16-14-8-12(3)11(2)7-13(14)4/h7-8,10,16H,5-6,9,15H2,1-4H3. The fraction of sp³-hybridized carbons (Fsp3) is 0.571. The molecule has 0 amide bonds. The van der Waals surface area contributed by atoms with Crippen LogP contribution in [0.2, 0.25) is 0 Å². The minimum atomic E-state index is 0.631. The Labute approximate surface area is 99.2 Å². The minimum Gasteiger partial charge on any atom is -0.385 e. The molecule has 90 valence electrons. The molecule has 0 heterocycles. The summed E-state index contributed by atoms with van der Waals surface area (Å²) in [6.07, 6.45) is 1.08. The highest BCUT2D eigenvalue weighted by Crippen LogP contribution is 2.20. The summed E-state index contributed by atoms with van der Waals surface area (Å²) < 4.78 is 0. The lowest BCUT2D eigenvalue weighted by Gasteiger charge is -2.15. The van der Waals surface area contributed by atoms with Gasteiger partial charge >= 0.3 is 0 Å². The van der Waals surface area contributed by atoms with Gasteiger partial charge in [0, 0.05) is 12.2 Å². The third-order valence-corrected chi connectivity index (χ3v) is 3.14. The fourth-order valence-corrected chi connectivity index (χ4v) is 1.82. The maximum atomic E-state index is 5.54. The lowest BCUT2D eigenvalue weighted by molar-refractivity contribution is 0.568. The van der Waals surface area contributed by atoms with Crippen molar-refractivity contribution in [3.63, 3.8) is 0 Å². The molecular formula is C14H24N2. The molecule has 1 unspecified atom stereocenters. The van der Waals surface area contributed by atoms with Crippen molar-refractivity contribution in [1.82, 2.24) is 0 Å². The predicted molar refractivity (Wildman–Crippen MR) is 72.0 cm³/mol. The number of benzene rings is 1. The van der Waals surface area contributed by atoms with E-state index < -0.39 is 0 Å². The molecule has 1 aromatic rings. The van der Waals surface area contributed by atoms with E-state index in [1.54, 1.807) is 0 Å². The van der Waals surface area contributed by atoms with Crippen LogP contribution >= 0.6 is 0 Å². The van der Waals surface area contributed by atoms with E-state index in [0.29, 0.717) is 5.92 Å². The molecule has 0 bridgehead atoms. The van der Waals surface area contributed by atoms with Gasteiger partial charge in [0.05, 0.1) is 0 Å². The summed E-state index contributed by atoms with van der Waals surface area (Å²) in [6, 6.07) is 4.48. The quantitative estimate of drug-likeness (QED) is 0.800. The fourth-order valence-electron chi connectivity index (χ4n) is 1.82. The van der Waals surface area contributed by atoms with E-state index in [1.165, 1.54) is 22.4 Å². The highest BCUT2D eigenvalue weighted by molar-refractivity contribution is 5.54. The van der Waals surface area contributed by atoms with E-state index in [0.717, 1.165) is 19.5 Å². The van der Waals surface area contributed by atoms with Gasteiger partial charge in [-0.3, -0.25) is 0 Å². The number of anilines is 1. The van der Waals surface area contributed by atoms with Gasteiger partial charge in [-0.15, -0.1) is 0 Å². The Morgan fingerprint density at radius 1 is 1.12 bits per heavy atom. The first kappa shape index (κ1) is 13.0. The van der Waals surface area contributed by atoms with Crippen LogP contribution in [0.15, 0.2) is 12.1 Å². The zero-order valence-electron chi connectivity index (χ0n) is 10.9. The van der Waals surface area contributed by atoms with Crippen LogP contribution in [0.1, 0.15) is 30.0 Å². The zero-order chi connectivity index (χ0) is 12.1. The topological polar surface area (TPSA) is 38.0 Å². The summed E-state index contributed by atoms with van der Waals surface area (Å²) in [5, 5.41) is 3.51. The molecule has 0 aromatic heterocycles. The molecule has 0 saturated carbocycles. The van der Waals surface area contributed by atoms with Crippen LogP contribution in [0.25, 0.3) is 0 Å². The second-order valence-electron chi connectivity index (χ2n) is 4.81. The van der Waals surface area contributed by atoms with Crippen molar-refractivity contribution in [2.45, 2.75) is 34.1 Å². The molecule has 16 heavy (non-hydrogen) atoms. The predicted octanol–water partition coefficient (Wildman–Crippen LogP) is 3.01. The Morgan fingerprint density at radius 2 is 1.75 bits per heavy atom. The average Bonchev–Trinajstić information content (AvgIpc) is 2.22. The number of nitrogens with one attached hydrogen (secondary N) is 1. The third kappa shape index (κ3) is 3.53.